The van der Waals surface area contributed by atoms with Crippen molar-refractivity contribution in [1.82, 2.24) is 10.3 Å². The number of nitrogens with one attached hydrogen (secondary N) is 2. The number of hydrogen-bond acceptors (Lipinski definition) is 5. The highest BCUT2D eigenvalue weighted by Crippen LogP contribution is 2.30. The monoisotopic (exact) mass is 496 g/mol. The molecule has 8 heteroatoms. The number of carboxylic acids is 1. The van der Waals surface area contributed by atoms with Crippen molar-refractivity contribution in [3.05, 3.63) is 101 Å². The van der Waals surface area contributed by atoms with Crippen molar-refractivity contribution in [1.29, 1.82) is 0 Å². The fourth-order valence-electron chi connectivity index (χ4n) is 4.34. The topological polar surface area (TPSA) is 122 Å². The number of benzene rings is 3. The average molecular weight is 497 g/mol. The van der Waals surface area contributed by atoms with Crippen molar-refractivity contribution in [2.45, 2.75) is 25.5 Å². The van der Waals surface area contributed by atoms with Crippen molar-refractivity contribution in [3.8, 4) is 16.9 Å². The molecule has 0 saturated heterocycles. The SMILES string of the molecule is C[C@H](Oc1ccc2c(-c3ccccc3)cc(=O)oc2c1)C(=O)N[C@@H](Cc1c[nH]c2ccccc12)C(=O)O. The van der Waals surface area contributed by atoms with E-state index in [1.165, 1.54) is 13.0 Å². The van der Waals surface area contributed by atoms with Gasteiger partial charge in [0.15, 0.2) is 6.10 Å². The van der Waals surface area contributed by atoms with Crippen LogP contribution in [0, 0.1) is 0 Å². The molecule has 186 valence electrons. The van der Waals surface area contributed by atoms with Gasteiger partial charge in [-0.25, -0.2) is 9.59 Å². The molecule has 5 rings (SSSR count). The lowest BCUT2D eigenvalue weighted by Crippen LogP contribution is -2.47. The largest absolute Gasteiger partial charge is 0.481 e. The van der Waals surface area contributed by atoms with Gasteiger partial charge in [0.2, 0.25) is 0 Å². The van der Waals surface area contributed by atoms with Crippen LogP contribution in [-0.4, -0.2) is 34.1 Å². The van der Waals surface area contributed by atoms with Crippen LogP contribution in [0.15, 0.2) is 94.3 Å². The zero-order valence-corrected chi connectivity index (χ0v) is 19.9. The number of amides is 1. The van der Waals surface area contributed by atoms with Gasteiger partial charge >= 0.3 is 11.6 Å². The number of carboxylic acid groups (broad SMARTS) is 1. The van der Waals surface area contributed by atoms with Crippen molar-refractivity contribution in [3.63, 3.8) is 0 Å². The molecule has 5 aromatic rings. The molecule has 0 fully saturated rings. The third-order valence-electron chi connectivity index (χ3n) is 6.20. The Labute approximate surface area is 211 Å². The van der Waals surface area contributed by atoms with Gasteiger partial charge in [0, 0.05) is 41.0 Å². The van der Waals surface area contributed by atoms with Crippen LogP contribution < -0.4 is 15.7 Å². The minimum atomic E-state index is -1.15. The fourth-order valence-corrected chi connectivity index (χ4v) is 4.34. The Kier molecular flexibility index (Phi) is 6.47. The molecule has 0 aliphatic carbocycles. The molecular weight excluding hydrogens is 472 g/mol. The minimum Gasteiger partial charge on any atom is -0.481 e. The van der Waals surface area contributed by atoms with Gasteiger partial charge in [-0.05, 0) is 41.8 Å². The molecule has 0 aliphatic rings. The van der Waals surface area contributed by atoms with Crippen LogP contribution in [0.1, 0.15) is 12.5 Å². The van der Waals surface area contributed by atoms with Crippen LogP contribution in [0.2, 0.25) is 0 Å². The second-order valence-corrected chi connectivity index (χ2v) is 8.73. The summed E-state index contributed by atoms with van der Waals surface area (Å²) >= 11 is 0. The lowest BCUT2D eigenvalue weighted by atomic mass is 10.0. The first-order valence-electron chi connectivity index (χ1n) is 11.8. The maximum Gasteiger partial charge on any atom is 0.336 e. The Morgan fingerprint density at radius 3 is 2.54 bits per heavy atom. The summed E-state index contributed by atoms with van der Waals surface area (Å²) in [6, 6.07) is 22.3. The van der Waals surface area contributed by atoms with Crippen molar-refractivity contribution in [2.24, 2.45) is 0 Å². The van der Waals surface area contributed by atoms with E-state index in [1.807, 2.05) is 54.6 Å². The second kappa shape index (κ2) is 10.0. The summed E-state index contributed by atoms with van der Waals surface area (Å²) in [4.78, 5) is 40.0. The summed E-state index contributed by atoms with van der Waals surface area (Å²) in [6.45, 7) is 1.53. The molecule has 8 nitrogen and oxygen atoms in total. The number of carbonyl (C=O) groups excluding carboxylic acids is 1. The van der Waals surface area contributed by atoms with E-state index in [0.29, 0.717) is 11.3 Å². The van der Waals surface area contributed by atoms with E-state index in [4.69, 9.17) is 9.15 Å². The smallest absolute Gasteiger partial charge is 0.336 e. The highest BCUT2D eigenvalue weighted by Gasteiger charge is 2.25. The van der Waals surface area contributed by atoms with Crippen LogP contribution in [-0.2, 0) is 16.0 Å². The van der Waals surface area contributed by atoms with E-state index in [0.717, 1.165) is 33.0 Å². The molecule has 2 heterocycles. The Balaban J connectivity index is 1.32. The molecular formula is C29H24N2O6. The van der Waals surface area contributed by atoms with Gasteiger partial charge in [-0.15, -0.1) is 0 Å². The summed E-state index contributed by atoms with van der Waals surface area (Å²) in [6.07, 6.45) is 0.867. The molecule has 0 saturated carbocycles. The number of hydrogen-bond donors (Lipinski definition) is 3. The minimum absolute atomic E-state index is 0.112. The molecule has 0 spiro atoms. The number of para-hydroxylation sites is 1. The number of aromatic nitrogens is 1. The highest BCUT2D eigenvalue weighted by molar-refractivity contribution is 5.94. The third-order valence-corrected chi connectivity index (χ3v) is 6.20. The lowest BCUT2D eigenvalue weighted by Gasteiger charge is -2.19. The molecule has 0 radical (unpaired) electrons. The van der Waals surface area contributed by atoms with Gasteiger partial charge in [-0.3, -0.25) is 4.79 Å². The quantitative estimate of drug-likeness (QED) is 0.272. The molecule has 1 amide bonds. The standard InChI is InChI=1S/C29H24N2O6/c1-17(28(33)31-25(29(34)35)13-19-16-30-24-10-6-5-9-21(19)24)36-20-11-12-22-23(18-7-3-2-4-8-18)15-27(32)37-26(22)14-20/h2-12,14-17,25,30H,13H2,1H3,(H,31,33)(H,34,35)/t17-,25-/m0/s1. The maximum atomic E-state index is 12.8. The van der Waals surface area contributed by atoms with Crippen molar-refractivity contribution < 1.29 is 23.8 Å². The Hall–Kier alpha value is -4.85. The molecule has 2 atom stereocenters. The van der Waals surface area contributed by atoms with E-state index >= 15 is 0 Å². The molecule has 37 heavy (non-hydrogen) atoms. The number of rotatable bonds is 8. The van der Waals surface area contributed by atoms with Gasteiger partial charge in [0.1, 0.15) is 17.4 Å². The van der Waals surface area contributed by atoms with Crippen LogP contribution in [0.25, 0.3) is 33.0 Å². The zero-order valence-electron chi connectivity index (χ0n) is 19.9. The van der Waals surface area contributed by atoms with Crippen molar-refractivity contribution >= 4 is 33.7 Å². The zero-order chi connectivity index (χ0) is 25.9. The molecule has 0 aliphatic heterocycles. The highest BCUT2D eigenvalue weighted by atomic mass is 16.5. The predicted molar refractivity (Wildman–Crippen MR) is 140 cm³/mol. The van der Waals surface area contributed by atoms with Crippen LogP contribution in [0.3, 0.4) is 0 Å². The van der Waals surface area contributed by atoms with Crippen LogP contribution >= 0.6 is 0 Å². The first-order chi connectivity index (χ1) is 17.9. The number of H-pyrrole nitrogens is 1. The average Bonchev–Trinajstić information content (AvgIpc) is 3.30. The van der Waals surface area contributed by atoms with Gasteiger partial charge in [-0.1, -0.05) is 48.5 Å². The number of fused-ring (bicyclic) bond motifs is 2. The van der Waals surface area contributed by atoms with E-state index in [1.54, 1.807) is 24.4 Å². The number of carbonyl (C=O) groups is 2. The molecule has 3 N–H and O–H groups in total. The molecule has 0 unspecified atom stereocenters. The Bertz CT molecular complexity index is 1650. The van der Waals surface area contributed by atoms with Gasteiger partial charge < -0.3 is 24.6 Å². The van der Waals surface area contributed by atoms with E-state index < -0.39 is 29.6 Å². The number of aromatic amines is 1. The van der Waals surface area contributed by atoms with Crippen LogP contribution in [0.4, 0.5) is 0 Å². The fraction of sp³-hybridized carbons (Fsp3) is 0.138. The van der Waals surface area contributed by atoms with E-state index in [9.17, 15) is 19.5 Å². The normalized spacial score (nSPS) is 12.8. The molecule has 3 aromatic carbocycles. The number of aliphatic carboxylic acids is 1. The number of ether oxygens (including phenoxy) is 1. The predicted octanol–water partition coefficient (Wildman–Crippen LogP) is 4.52. The summed E-state index contributed by atoms with van der Waals surface area (Å²) in [5.41, 5.74) is 3.09. The molecule has 0 bridgehead atoms. The van der Waals surface area contributed by atoms with Gasteiger partial charge in [0.05, 0.1) is 0 Å². The summed E-state index contributed by atoms with van der Waals surface area (Å²) < 4.78 is 11.2. The van der Waals surface area contributed by atoms with E-state index in [2.05, 4.69) is 10.3 Å². The van der Waals surface area contributed by atoms with E-state index in [-0.39, 0.29) is 6.42 Å². The molecule has 2 aromatic heterocycles. The van der Waals surface area contributed by atoms with Gasteiger partial charge in [0.25, 0.3) is 5.91 Å². The first-order valence-corrected chi connectivity index (χ1v) is 11.8. The summed E-state index contributed by atoms with van der Waals surface area (Å²) in [5, 5.41) is 13.9. The first kappa shape index (κ1) is 23.9. The third kappa shape index (κ3) is 5.08. The Morgan fingerprint density at radius 1 is 1.00 bits per heavy atom. The lowest BCUT2D eigenvalue weighted by molar-refractivity contribution is -0.142. The summed E-state index contributed by atoms with van der Waals surface area (Å²) in [5.74, 6) is -1.41. The Morgan fingerprint density at radius 2 is 1.76 bits per heavy atom. The summed E-state index contributed by atoms with van der Waals surface area (Å²) in [7, 11) is 0. The van der Waals surface area contributed by atoms with Crippen LogP contribution in [0.5, 0.6) is 5.75 Å². The maximum absolute atomic E-state index is 12.8. The van der Waals surface area contributed by atoms with Gasteiger partial charge in [-0.2, -0.15) is 0 Å². The van der Waals surface area contributed by atoms with Crippen molar-refractivity contribution in [2.75, 3.05) is 0 Å². The second-order valence-electron chi connectivity index (χ2n) is 8.73.